The number of rotatable bonds is 7. The van der Waals surface area contributed by atoms with Crippen LogP contribution in [0.3, 0.4) is 0 Å². The van der Waals surface area contributed by atoms with Crippen LogP contribution in [0.5, 0.6) is 5.75 Å². The van der Waals surface area contributed by atoms with Crippen molar-refractivity contribution in [1.29, 1.82) is 0 Å². The number of sulfonamides is 1. The van der Waals surface area contributed by atoms with Crippen LogP contribution in [0.25, 0.3) is 11.1 Å². The van der Waals surface area contributed by atoms with Gasteiger partial charge in [0.05, 0.1) is 17.5 Å². The number of nitrogens with one attached hydrogen (secondary N) is 1. The number of hydrogen-bond donors (Lipinski definition) is 2. The Hall–Kier alpha value is -3.17. The van der Waals surface area contributed by atoms with Crippen LogP contribution < -0.4 is 9.46 Å². The Labute approximate surface area is 205 Å². The SMILES string of the molecule is CCn1nccc1C[C@@H]1COc2cc(-c3ccccc3C(=O)NS(=O)(=O)C3(C)CC3)ccc2[C@H]1O. The van der Waals surface area contributed by atoms with Crippen molar-refractivity contribution in [3.63, 3.8) is 0 Å². The molecule has 184 valence electrons. The number of hydrogen-bond acceptors (Lipinski definition) is 6. The quantitative estimate of drug-likeness (QED) is 0.519. The second-order valence-electron chi connectivity index (χ2n) is 9.54. The maximum absolute atomic E-state index is 12.9. The number of carbonyl (C=O) groups is 1. The summed E-state index contributed by atoms with van der Waals surface area (Å²) in [6, 6.07) is 14.3. The Morgan fingerprint density at radius 1 is 1.23 bits per heavy atom. The molecule has 0 spiro atoms. The van der Waals surface area contributed by atoms with Crippen LogP contribution in [0.1, 0.15) is 54.4 Å². The van der Waals surface area contributed by atoms with E-state index in [1.165, 1.54) is 0 Å². The van der Waals surface area contributed by atoms with Crippen LogP contribution in [0.2, 0.25) is 0 Å². The summed E-state index contributed by atoms with van der Waals surface area (Å²) in [4.78, 5) is 12.9. The number of aromatic nitrogens is 2. The number of aryl methyl sites for hydroxylation is 1. The summed E-state index contributed by atoms with van der Waals surface area (Å²) in [5.74, 6) is -0.203. The van der Waals surface area contributed by atoms with Gasteiger partial charge in [-0.2, -0.15) is 5.10 Å². The molecular weight excluding hydrogens is 466 g/mol. The van der Waals surface area contributed by atoms with Gasteiger partial charge in [0.15, 0.2) is 0 Å². The lowest BCUT2D eigenvalue weighted by Gasteiger charge is -2.31. The fourth-order valence-electron chi connectivity index (χ4n) is 4.55. The van der Waals surface area contributed by atoms with E-state index in [0.29, 0.717) is 48.3 Å². The summed E-state index contributed by atoms with van der Waals surface area (Å²) in [7, 11) is -3.75. The fourth-order valence-corrected chi connectivity index (χ4v) is 5.79. The predicted octanol–water partition coefficient (Wildman–Crippen LogP) is 3.47. The van der Waals surface area contributed by atoms with Gasteiger partial charge in [0.1, 0.15) is 5.75 Å². The summed E-state index contributed by atoms with van der Waals surface area (Å²) in [6.45, 7) is 4.79. The van der Waals surface area contributed by atoms with E-state index < -0.39 is 26.8 Å². The molecule has 3 aromatic rings. The molecule has 0 bridgehead atoms. The number of fused-ring (bicyclic) bond motifs is 1. The minimum Gasteiger partial charge on any atom is -0.493 e. The fraction of sp³-hybridized carbons (Fsp3) is 0.385. The third kappa shape index (κ3) is 4.34. The van der Waals surface area contributed by atoms with E-state index in [2.05, 4.69) is 9.82 Å². The van der Waals surface area contributed by atoms with Crippen molar-refractivity contribution in [2.45, 2.75) is 50.5 Å². The molecule has 1 aliphatic carbocycles. The standard InChI is InChI=1S/C26H29N3O5S/c1-3-29-19(10-13-27-29)14-18-16-34-23-15-17(8-9-22(23)24(18)30)20-6-4-5-7-21(20)25(31)28-35(32,33)26(2)11-12-26/h4-10,13,15,18,24,30H,3,11-12,14,16H2,1-2H3,(H,28,31)/t18-,24+/m1/s1. The Morgan fingerprint density at radius 3 is 2.74 bits per heavy atom. The summed E-state index contributed by atoms with van der Waals surface area (Å²) in [6.07, 6.45) is 2.80. The zero-order chi connectivity index (χ0) is 24.8. The highest BCUT2D eigenvalue weighted by molar-refractivity contribution is 7.91. The summed E-state index contributed by atoms with van der Waals surface area (Å²) >= 11 is 0. The van der Waals surface area contributed by atoms with Gasteiger partial charge < -0.3 is 9.84 Å². The topological polar surface area (TPSA) is 111 Å². The first-order chi connectivity index (χ1) is 16.7. The van der Waals surface area contributed by atoms with Gasteiger partial charge in [-0.25, -0.2) is 13.1 Å². The average Bonchev–Trinajstić information content (AvgIpc) is 3.46. The van der Waals surface area contributed by atoms with Gasteiger partial charge in [-0.3, -0.25) is 9.48 Å². The lowest BCUT2D eigenvalue weighted by atomic mass is 9.88. The first-order valence-corrected chi connectivity index (χ1v) is 13.3. The normalized spacial score (nSPS) is 20.5. The molecule has 2 aliphatic rings. The summed E-state index contributed by atoms with van der Waals surface area (Å²) in [5.41, 5.74) is 3.31. The molecule has 2 aromatic carbocycles. The molecule has 35 heavy (non-hydrogen) atoms. The van der Waals surface area contributed by atoms with Crippen molar-refractivity contribution in [1.82, 2.24) is 14.5 Å². The van der Waals surface area contributed by atoms with Crippen molar-refractivity contribution in [2.24, 2.45) is 5.92 Å². The zero-order valence-electron chi connectivity index (χ0n) is 19.8. The first kappa shape index (κ1) is 23.6. The number of aliphatic hydroxyl groups excluding tert-OH is 1. The van der Waals surface area contributed by atoms with E-state index >= 15 is 0 Å². The Kier molecular flexibility index (Phi) is 5.93. The molecule has 1 aromatic heterocycles. The lowest BCUT2D eigenvalue weighted by molar-refractivity contribution is 0.0498. The van der Waals surface area contributed by atoms with Crippen LogP contribution >= 0.6 is 0 Å². The highest BCUT2D eigenvalue weighted by atomic mass is 32.2. The molecule has 1 fully saturated rings. The van der Waals surface area contributed by atoms with Crippen molar-refractivity contribution in [3.05, 3.63) is 71.5 Å². The zero-order valence-corrected chi connectivity index (χ0v) is 20.6. The van der Waals surface area contributed by atoms with Crippen LogP contribution in [-0.4, -0.2) is 40.6 Å². The lowest BCUT2D eigenvalue weighted by Crippen LogP contribution is -2.38. The molecular formula is C26H29N3O5S. The van der Waals surface area contributed by atoms with E-state index in [1.807, 2.05) is 29.8 Å². The molecule has 1 saturated carbocycles. The van der Waals surface area contributed by atoms with Crippen LogP contribution in [-0.2, 0) is 23.0 Å². The Balaban J connectivity index is 1.39. The maximum Gasteiger partial charge on any atom is 0.265 e. The van der Waals surface area contributed by atoms with Gasteiger partial charge in [0.2, 0.25) is 10.0 Å². The Morgan fingerprint density at radius 2 is 2.00 bits per heavy atom. The van der Waals surface area contributed by atoms with Gasteiger partial charge in [0, 0.05) is 35.5 Å². The highest BCUT2D eigenvalue weighted by Crippen LogP contribution is 2.43. The summed E-state index contributed by atoms with van der Waals surface area (Å²) < 4.78 is 34.5. The van der Waals surface area contributed by atoms with Crippen molar-refractivity contribution in [3.8, 4) is 16.9 Å². The molecule has 2 atom stereocenters. The minimum absolute atomic E-state index is 0.109. The van der Waals surface area contributed by atoms with Gasteiger partial charge >= 0.3 is 0 Å². The molecule has 5 rings (SSSR count). The van der Waals surface area contributed by atoms with E-state index in [-0.39, 0.29) is 11.5 Å². The van der Waals surface area contributed by atoms with Crippen LogP contribution in [0.4, 0.5) is 0 Å². The third-order valence-corrected chi connectivity index (χ3v) is 9.28. The Bertz CT molecular complexity index is 1380. The molecule has 1 amide bonds. The highest BCUT2D eigenvalue weighted by Gasteiger charge is 2.51. The predicted molar refractivity (Wildman–Crippen MR) is 131 cm³/mol. The molecule has 8 nitrogen and oxygen atoms in total. The third-order valence-electron chi connectivity index (χ3n) is 7.12. The van der Waals surface area contributed by atoms with E-state index in [0.717, 1.165) is 12.2 Å². The van der Waals surface area contributed by atoms with Gasteiger partial charge in [-0.1, -0.05) is 30.3 Å². The second kappa shape index (κ2) is 8.80. The molecule has 0 unspecified atom stereocenters. The molecule has 2 heterocycles. The molecule has 0 saturated heterocycles. The van der Waals surface area contributed by atoms with Gasteiger partial charge in [-0.15, -0.1) is 0 Å². The first-order valence-electron chi connectivity index (χ1n) is 11.8. The van der Waals surface area contributed by atoms with Crippen molar-refractivity contribution >= 4 is 15.9 Å². The average molecular weight is 496 g/mol. The monoisotopic (exact) mass is 495 g/mol. The molecule has 2 N–H and O–H groups in total. The number of amides is 1. The van der Waals surface area contributed by atoms with Gasteiger partial charge in [0.25, 0.3) is 5.91 Å². The number of benzene rings is 2. The summed E-state index contributed by atoms with van der Waals surface area (Å²) in [5, 5.41) is 15.4. The molecule has 9 heteroatoms. The maximum atomic E-state index is 12.9. The smallest absolute Gasteiger partial charge is 0.265 e. The van der Waals surface area contributed by atoms with Crippen molar-refractivity contribution in [2.75, 3.05) is 6.61 Å². The van der Waals surface area contributed by atoms with Gasteiger partial charge in [-0.05, 0) is 62.4 Å². The number of ether oxygens (including phenoxy) is 1. The minimum atomic E-state index is -3.75. The van der Waals surface area contributed by atoms with E-state index in [9.17, 15) is 18.3 Å². The number of nitrogens with zero attached hydrogens (tertiary/aromatic N) is 2. The largest absolute Gasteiger partial charge is 0.493 e. The number of aliphatic hydroxyl groups is 1. The number of carbonyl (C=O) groups excluding carboxylic acids is 1. The van der Waals surface area contributed by atoms with Crippen LogP contribution in [0, 0.1) is 5.92 Å². The van der Waals surface area contributed by atoms with E-state index in [4.69, 9.17) is 4.74 Å². The second-order valence-corrected chi connectivity index (χ2v) is 11.7. The molecule has 0 radical (unpaired) electrons. The molecule has 1 aliphatic heterocycles. The van der Waals surface area contributed by atoms with Crippen LogP contribution in [0.15, 0.2) is 54.7 Å². The van der Waals surface area contributed by atoms with E-state index in [1.54, 1.807) is 43.5 Å². The van der Waals surface area contributed by atoms with Crippen molar-refractivity contribution < 1.29 is 23.1 Å².